The van der Waals surface area contributed by atoms with Crippen LogP contribution in [0.2, 0.25) is 0 Å². The summed E-state index contributed by atoms with van der Waals surface area (Å²) in [6.07, 6.45) is 2.90. The first-order valence-electron chi connectivity index (χ1n) is 6.49. The predicted molar refractivity (Wildman–Crippen MR) is 75.0 cm³/mol. The van der Waals surface area contributed by atoms with Crippen molar-refractivity contribution in [3.63, 3.8) is 0 Å². The Morgan fingerprint density at radius 1 is 1.25 bits per heavy atom. The number of carbonyl (C=O) groups excluding carboxylic acids is 1. The average molecular weight is 344 g/mol. The quantitative estimate of drug-likeness (QED) is 0.897. The summed E-state index contributed by atoms with van der Waals surface area (Å²) >= 11 is 3.14. The van der Waals surface area contributed by atoms with Crippen molar-refractivity contribution in [2.24, 2.45) is 0 Å². The molecule has 1 heterocycles. The molecule has 1 aromatic carbocycles. The molecule has 1 aliphatic rings. The van der Waals surface area contributed by atoms with Gasteiger partial charge >= 0.3 is 5.97 Å². The number of hydrogen-bond acceptors (Lipinski definition) is 2. The second-order valence-electron chi connectivity index (χ2n) is 4.86. The number of halogens is 2. The Morgan fingerprint density at radius 2 is 2.00 bits per heavy atom. The van der Waals surface area contributed by atoms with E-state index in [1.807, 2.05) is 0 Å². The second-order valence-corrected chi connectivity index (χ2v) is 5.78. The molecule has 108 valence electrons. The first-order chi connectivity index (χ1) is 9.49. The van der Waals surface area contributed by atoms with E-state index in [4.69, 9.17) is 0 Å². The van der Waals surface area contributed by atoms with Gasteiger partial charge in [0.1, 0.15) is 11.9 Å². The van der Waals surface area contributed by atoms with Crippen LogP contribution in [-0.4, -0.2) is 34.5 Å². The highest BCUT2D eigenvalue weighted by molar-refractivity contribution is 9.10. The van der Waals surface area contributed by atoms with Crippen LogP contribution in [-0.2, 0) is 4.79 Å². The number of benzene rings is 1. The molecule has 0 spiro atoms. The van der Waals surface area contributed by atoms with Gasteiger partial charge in [0.2, 0.25) is 0 Å². The molecule has 6 heteroatoms. The van der Waals surface area contributed by atoms with Crippen molar-refractivity contribution in [3.05, 3.63) is 34.1 Å². The molecule has 2 rings (SSSR count). The summed E-state index contributed by atoms with van der Waals surface area (Å²) in [5.41, 5.74) is 0.171. The maximum atomic E-state index is 13.4. The van der Waals surface area contributed by atoms with Crippen LogP contribution in [0.1, 0.15) is 36.0 Å². The summed E-state index contributed by atoms with van der Waals surface area (Å²) in [5, 5.41) is 9.26. The number of rotatable bonds is 2. The lowest BCUT2D eigenvalue weighted by Crippen LogP contribution is -2.44. The van der Waals surface area contributed by atoms with Crippen LogP contribution < -0.4 is 0 Å². The molecule has 4 nitrogen and oxygen atoms in total. The van der Waals surface area contributed by atoms with Gasteiger partial charge in [-0.05, 0) is 31.0 Å². The van der Waals surface area contributed by atoms with Gasteiger partial charge in [-0.25, -0.2) is 9.18 Å². The molecule has 1 atom stereocenters. The molecule has 0 aliphatic carbocycles. The third-order valence-corrected chi connectivity index (χ3v) is 3.87. The number of likely N-dealkylation sites (tertiary alicyclic amines) is 1. The van der Waals surface area contributed by atoms with E-state index >= 15 is 0 Å². The van der Waals surface area contributed by atoms with E-state index in [2.05, 4.69) is 15.9 Å². The lowest BCUT2D eigenvalue weighted by molar-refractivity contribution is -0.142. The van der Waals surface area contributed by atoms with Crippen LogP contribution in [0.25, 0.3) is 0 Å². The zero-order chi connectivity index (χ0) is 14.7. The number of amides is 1. The Kier molecular flexibility index (Phi) is 4.75. The minimum absolute atomic E-state index is 0.171. The van der Waals surface area contributed by atoms with Crippen LogP contribution in [0.15, 0.2) is 22.7 Å². The van der Waals surface area contributed by atoms with E-state index < -0.39 is 23.7 Å². The predicted octanol–water partition coefficient (Wildman–Crippen LogP) is 3.06. The van der Waals surface area contributed by atoms with Crippen LogP contribution in [0.3, 0.4) is 0 Å². The van der Waals surface area contributed by atoms with Gasteiger partial charge in [0.15, 0.2) is 0 Å². The van der Waals surface area contributed by atoms with Gasteiger partial charge in [-0.2, -0.15) is 0 Å². The lowest BCUT2D eigenvalue weighted by Gasteiger charge is -2.27. The number of carboxylic acids is 1. The van der Waals surface area contributed by atoms with Gasteiger partial charge < -0.3 is 10.0 Å². The summed E-state index contributed by atoms with van der Waals surface area (Å²) in [5.74, 6) is -1.96. The highest BCUT2D eigenvalue weighted by Crippen LogP contribution is 2.22. The van der Waals surface area contributed by atoms with E-state index in [1.54, 1.807) is 0 Å². The van der Waals surface area contributed by atoms with Crippen LogP contribution in [0.5, 0.6) is 0 Å². The highest BCUT2D eigenvalue weighted by Gasteiger charge is 2.31. The fraction of sp³-hybridized carbons (Fsp3) is 0.429. The molecule has 0 radical (unpaired) electrons. The number of carboxylic acid groups (broad SMARTS) is 1. The molecule has 1 N–H and O–H groups in total. The van der Waals surface area contributed by atoms with Crippen molar-refractivity contribution in [2.75, 3.05) is 6.54 Å². The molecular formula is C14H15BrFNO3. The van der Waals surface area contributed by atoms with E-state index in [9.17, 15) is 19.1 Å². The summed E-state index contributed by atoms with van der Waals surface area (Å²) in [6, 6.07) is 3.08. The van der Waals surface area contributed by atoms with Crippen molar-refractivity contribution in [3.8, 4) is 0 Å². The minimum atomic E-state index is -1.00. The Labute approximate surface area is 124 Å². The molecule has 1 fully saturated rings. The van der Waals surface area contributed by atoms with Crippen molar-refractivity contribution < 1.29 is 19.1 Å². The van der Waals surface area contributed by atoms with Crippen molar-refractivity contribution in [1.29, 1.82) is 0 Å². The van der Waals surface area contributed by atoms with Gasteiger partial charge in [0.25, 0.3) is 5.91 Å². The maximum absolute atomic E-state index is 13.4. The molecule has 0 bridgehead atoms. The van der Waals surface area contributed by atoms with E-state index in [0.29, 0.717) is 17.4 Å². The smallest absolute Gasteiger partial charge is 0.326 e. The minimum Gasteiger partial charge on any atom is -0.480 e. The van der Waals surface area contributed by atoms with Crippen LogP contribution in [0, 0.1) is 5.82 Å². The van der Waals surface area contributed by atoms with Gasteiger partial charge in [-0.15, -0.1) is 0 Å². The Hall–Kier alpha value is -1.43. The fourth-order valence-corrected chi connectivity index (χ4v) is 2.92. The number of aliphatic carboxylic acids is 1. The SMILES string of the molecule is O=C(O)C1CCCCCN1C(=O)c1cc(F)cc(Br)c1. The number of carbonyl (C=O) groups is 2. The standard InChI is InChI=1S/C14H15BrFNO3/c15-10-6-9(7-11(16)8-10)13(18)17-5-3-1-2-4-12(17)14(19)20/h6-8,12H,1-5H2,(H,19,20). The Balaban J connectivity index is 2.30. The molecule has 1 amide bonds. The topological polar surface area (TPSA) is 57.6 Å². The summed E-state index contributed by atoms with van der Waals surface area (Å²) in [6.45, 7) is 0.393. The largest absolute Gasteiger partial charge is 0.480 e. The molecule has 1 unspecified atom stereocenters. The molecule has 20 heavy (non-hydrogen) atoms. The van der Waals surface area contributed by atoms with E-state index in [-0.39, 0.29) is 5.56 Å². The molecule has 0 saturated carbocycles. The number of hydrogen-bond donors (Lipinski definition) is 1. The van der Waals surface area contributed by atoms with Crippen LogP contribution in [0.4, 0.5) is 4.39 Å². The molecular weight excluding hydrogens is 329 g/mol. The normalized spacial score (nSPS) is 19.5. The Bertz CT molecular complexity index is 515. The van der Waals surface area contributed by atoms with Gasteiger partial charge in [0, 0.05) is 16.6 Å². The summed E-state index contributed by atoms with van der Waals surface area (Å²) < 4.78 is 13.8. The molecule has 1 aromatic rings. The molecule has 0 aromatic heterocycles. The first kappa shape index (κ1) is 15.0. The zero-order valence-electron chi connectivity index (χ0n) is 10.8. The monoisotopic (exact) mass is 343 g/mol. The van der Waals surface area contributed by atoms with Crippen LogP contribution >= 0.6 is 15.9 Å². The number of nitrogens with zero attached hydrogens (tertiary/aromatic N) is 1. The van der Waals surface area contributed by atoms with Crippen molar-refractivity contribution in [2.45, 2.75) is 31.7 Å². The fourth-order valence-electron chi connectivity index (χ4n) is 2.45. The molecule has 1 aliphatic heterocycles. The Morgan fingerprint density at radius 3 is 2.65 bits per heavy atom. The average Bonchev–Trinajstić information content (AvgIpc) is 2.62. The van der Waals surface area contributed by atoms with Crippen molar-refractivity contribution >= 4 is 27.8 Å². The maximum Gasteiger partial charge on any atom is 0.326 e. The second kappa shape index (κ2) is 6.35. The zero-order valence-corrected chi connectivity index (χ0v) is 12.4. The van der Waals surface area contributed by atoms with Crippen molar-refractivity contribution in [1.82, 2.24) is 4.90 Å². The first-order valence-corrected chi connectivity index (χ1v) is 7.28. The van der Waals surface area contributed by atoms with E-state index in [0.717, 1.165) is 25.3 Å². The lowest BCUT2D eigenvalue weighted by atomic mass is 10.1. The molecule has 1 saturated heterocycles. The van der Waals surface area contributed by atoms with E-state index in [1.165, 1.54) is 17.0 Å². The highest BCUT2D eigenvalue weighted by atomic mass is 79.9. The van der Waals surface area contributed by atoms with Gasteiger partial charge in [-0.3, -0.25) is 4.79 Å². The van der Waals surface area contributed by atoms with Gasteiger partial charge in [0.05, 0.1) is 0 Å². The third kappa shape index (κ3) is 3.36. The summed E-state index contributed by atoms with van der Waals surface area (Å²) in [7, 11) is 0. The third-order valence-electron chi connectivity index (χ3n) is 3.41. The van der Waals surface area contributed by atoms with Gasteiger partial charge in [-0.1, -0.05) is 28.8 Å². The summed E-state index contributed by atoms with van der Waals surface area (Å²) in [4.78, 5) is 25.1.